The van der Waals surface area contributed by atoms with E-state index in [1.165, 1.54) is 0 Å². The van der Waals surface area contributed by atoms with E-state index in [4.69, 9.17) is 16.6 Å². The summed E-state index contributed by atoms with van der Waals surface area (Å²) in [6, 6.07) is 6.14. The van der Waals surface area contributed by atoms with Gasteiger partial charge in [-0.3, -0.25) is 4.99 Å². The van der Waals surface area contributed by atoms with E-state index >= 15 is 0 Å². The number of nitrogens with one attached hydrogen (secondary N) is 1. The Balaban J connectivity index is 2.15. The van der Waals surface area contributed by atoms with Crippen LogP contribution in [0.5, 0.6) is 0 Å². The van der Waals surface area contributed by atoms with Gasteiger partial charge in [-0.2, -0.15) is 0 Å². The van der Waals surface area contributed by atoms with Gasteiger partial charge in [0.2, 0.25) is 0 Å². The van der Waals surface area contributed by atoms with Gasteiger partial charge in [-0.1, -0.05) is 37.2 Å². The van der Waals surface area contributed by atoms with Crippen LogP contribution in [0.2, 0.25) is 5.02 Å². The van der Waals surface area contributed by atoms with Crippen LogP contribution < -0.4 is 5.32 Å². The Labute approximate surface area is 126 Å². The van der Waals surface area contributed by atoms with E-state index < -0.39 is 0 Å². The van der Waals surface area contributed by atoms with E-state index in [0.717, 1.165) is 32.5 Å². The molecule has 1 heterocycles. The largest absolute Gasteiger partial charge is 0.334 e. The number of hydrogen-bond donors (Lipinski definition) is 1. The molecule has 0 radical (unpaired) electrons. The molecular weight excluding hydrogens is 332 g/mol. The van der Waals surface area contributed by atoms with Crippen molar-refractivity contribution in [3.8, 4) is 0 Å². The Morgan fingerprint density at radius 2 is 2.28 bits per heavy atom. The smallest absolute Gasteiger partial charge is 0.161 e. The molecule has 0 spiro atoms. The highest BCUT2D eigenvalue weighted by Crippen LogP contribution is 2.29. The Kier molecular flexibility index (Phi) is 4.98. The third-order valence-electron chi connectivity index (χ3n) is 2.88. The molecule has 0 saturated heterocycles. The zero-order valence-electron chi connectivity index (χ0n) is 10.4. The first-order valence-corrected chi connectivity index (χ1v) is 8.14. The Morgan fingerprint density at radius 3 is 3.00 bits per heavy atom. The fourth-order valence-electron chi connectivity index (χ4n) is 1.79. The van der Waals surface area contributed by atoms with E-state index in [0.29, 0.717) is 12.0 Å². The molecule has 0 aliphatic carbocycles. The first-order chi connectivity index (χ1) is 8.56. The van der Waals surface area contributed by atoms with Crippen LogP contribution in [0.4, 0.5) is 5.69 Å². The van der Waals surface area contributed by atoms with Gasteiger partial charge in [-0.05, 0) is 46.5 Å². The minimum absolute atomic E-state index is 0.423. The number of hydrogen-bond acceptors (Lipinski definition) is 3. The Hall–Kier alpha value is -0.190. The molecule has 2 rings (SSSR count). The summed E-state index contributed by atoms with van der Waals surface area (Å²) in [5.41, 5.74) is 0.971. The van der Waals surface area contributed by atoms with Crippen LogP contribution in [-0.4, -0.2) is 17.0 Å². The predicted octanol–water partition coefficient (Wildman–Crippen LogP) is 5.03. The molecule has 1 unspecified atom stereocenters. The molecule has 5 heteroatoms. The molecule has 1 atom stereocenters. The summed E-state index contributed by atoms with van der Waals surface area (Å²) in [7, 11) is 0. The fourth-order valence-corrected chi connectivity index (χ4v) is 3.25. The lowest BCUT2D eigenvalue weighted by Crippen LogP contribution is -2.24. The highest BCUT2D eigenvalue weighted by Gasteiger charge is 2.19. The monoisotopic (exact) mass is 346 g/mol. The number of rotatable bonds is 2. The van der Waals surface area contributed by atoms with Crippen molar-refractivity contribution in [3.63, 3.8) is 0 Å². The van der Waals surface area contributed by atoms with Gasteiger partial charge in [0.05, 0.1) is 11.7 Å². The number of thioether (sulfide) groups is 1. The molecule has 0 saturated carbocycles. The van der Waals surface area contributed by atoms with E-state index in [1.54, 1.807) is 11.8 Å². The van der Waals surface area contributed by atoms with Crippen LogP contribution in [-0.2, 0) is 0 Å². The van der Waals surface area contributed by atoms with Crippen molar-refractivity contribution < 1.29 is 0 Å². The van der Waals surface area contributed by atoms with E-state index in [9.17, 15) is 0 Å². The molecule has 1 aromatic rings. The SMILES string of the molecule is CC(C)C1CCSC(Nc2cc(Cl)ccc2Br)=N1. The third kappa shape index (κ3) is 3.65. The molecule has 1 aliphatic heterocycles. The van der Waals surface area contributed by atoms with Crippen LogP contribution in [0.15, 0.2) is 27.7 Å². The lowest BCUT2D eigenvalue weighted by molar-refractivity contribution is 0.485. The molecule has 98 valence electrons. The van der Waals surface area contributed by atoms with Crippen molar-refractivity contribution in [1.82, 2.24) is 0 Å². The van der Waals surface area contributed by atoms with E-state index in [2.05, 4.69) is 35.1 Å². The van der Waals surface area contributed by atoms with Crippen molar-refractivity contribution in [1.29, 1.82) is 0 Å². The van der Waals surface area contributed by atoms with E-state index in [-0.39, 0.29) is 0 Å². The second kappa shape index (κ2) is 6.31. The normalized spacial score (nSPS) is 19.8. The Morgan fingerprint density at radius 1 is 1.50 bits per heavy atom. The average Bonchev–Trinajstić information content (AvgIpc) is 2.34. The van der Waals surface area contributed by atoms with Crippen molar-refractivity contribution in [2.24, 2.45) is 10.9 Å². The maximum Gasteiger partial charge on any atom is 0.161 e. The standard InChI is InChI=1S/C13H16BrClN2S/c1-8(2)11-5-6-18-13(16-11)17-12-7-9(15)3-4-10(12)14/h3-4,7-8,11H,5-6H2,1-2H3,(H,16,17). The van der Waals surface area contributed by atoms with Crippen LogP contribution in [0.1, 0.15) is 20.3 Å². The predicted molar refractivity (Wildman–Crippen MR) is 85.9 cm³/mol. The zero-order valence-corrected chi connectivity index (χ0v) is 13.6. The maximum absolute atomic E-state index is 6.01. The molecule has 0 fully saturated rings. The third-order valence-corrected chi connectivity index (χ3v) is 4.72. The summed E-state index contributed by atoms with van der Waals surface area (Å²) in [5, 5.41) is 5.07. The number of halogens is 2. The minimum atomic E-state index is 0.423. The summed E-state index contributed by atoms with van der Waals surface area (Å²) in [5.74, 6) is 1.71. The second-order valence-corrected chi connectivity index (χ2v) is 7.01. The molecule has 1 aliphatic rings. The molecule has 1 aromatic carbocycles. The van der Waals surface area contributed by atoms with Gasteiger partial charge in [0, 0.05) is 15.2 Å². The van der Waals surface area contributed by atoms with Gasteiger partial charge in [0.25, 0.3) is 0 Å². The number of amidine groups is 1. The fraction of sp³-hybridized carbons (Fsp3) is 0.462. The Bertz CT molecular complexity index is 462. The van der Waals surface area contributed by atoms with Crippen molar-refractivity contribution in [3.05, 3.63) is 27.7 Å². The summed E-state index contributed by atoms with van der Waals surface area (Å²) in [6.07, 6.45) is 1.16. The number of benzene rings is 1. The summed E-state index contributed by atoms with van der Waals surface area (Å²) in [4.78, 5) is 4.75. The lowest BCUT2D eigenvalue weighted by atomic mass is 10.0. The molecule has 2 nitrogen and oxygen atoms in total. The first kappa shape index (κ1) is 14.2. The summed E-state index contributed by atoms with van der Waals surface area (Å²) < 4.78 is 1.00. The summed E-state index contributed by atoms with van der Waals surface area (Å²) >= 11 is 11.3. The van der Waals surface area contributed by atoms with Crippen LogP contribution >= 0.6 is 39.3 Å². The highest BCUT2D eigenvalue weighted by molar-refractivity contribution is 9.10. The van der Waals surface area contributed by atoms with Gasteiger partial charge in [-0.15, -0.1) is 0 Å². The zero-order chi connectivity index (χ0) is 13.1. The average molecular weight is 348 g/mol. The topological polar surface area (TPSA) is 24.4 Å². The van der Waals surface area contributed by atoms with Crippen LogP contribution in [0.25, 0.3) is 0 Å². The molecule has 18 heavy (non-hydrogen) atoms. The van der Waals surface area contributed by atoms with Crippen molar-refractivity contribution in [2.45, 2.75) is 26.3 Å². The number of nitrogens with zero attached hydrogens (tertiary/aromatic N) is 1. The molecule has 0 bridgehead atoms. The maximum atomic E-state index is 6.01. The first-order valence-electron chi connectivity index (χ1n) is 5.99. The number of aliphatic imine (C=N–C) groups is 1. The molecule has 1 N–H and O–H groups in total. The lowest BCUT2D eigenvalue weighted by Gasteiger charge is -2.23. The van der Waals surface area contributed by atoms with E-state index in [1.807, 2.05) is 18.2 Å². The van der Waals surface area contributed by atoms with Gasteiger partial charge in [0.15, 0.2) is 5.17 Å². The van der Waals surface area contributed by atoms with Crippen LogP contribution in [0, 0.1) is 5.92 Å². The van der Waals surface area contributed by atoms with Gasteiger partial charge < -0.3 is 5.32 Å². The van der Waals surface area contributed by atoms with Gasteiger partial charge in [0.1, 0.15) is 0 Å². The van der Waals surface area contributed by atoms with Crippen molar-refractivity contribution >= 4 is 50.1 Å². The van der Waals surface area contributed by atoms with Gasteiger partial charge >= 0.3 is 0 Å². The quantitative estimate of drug-likeness (QED) is 0.811. The molecule has 0 aromatic heterocycles. The second-order valence-electron chi connectivity index (χ2n) is 4.63. The molecule has 0 amide bonds. The minimum Gasteiger partial charge on any atom is -0.334 e. The van der Waals surface area contributed by atoms with Crippen molar-refractivity contribution in [2.75, 3.05) is 11.1 Å². The van der Waals surface area contributed by atoms with Crippen LogP contribution in [0.3, 0.4) is 0 Å². The summed E-state index contributed by atoms with van der Waals surface area (Å²) in [6.45, 7) is 4.44. The number of anilines is 1. The highest BCUT2D eigenvalue weighted by atomic mass is 79.9. The van der Waals surface area contributed by atoms with Gasteiger partial charge in [-0.25, -0.2) is 0 Å². The molecular formula is C13H16BrClN2S.